The molecule has 0 bridgehead atoms. The lowest BCUT2D eigenvalue weighted by Crippen LogP contribution is -2.46. The fraction of sp³-hybridized carbons (Fsp3) is 0. The third kappa shape index (κ3) is 1.77. The third-order valence-corrected chi connectivity index (χ3v) is 3.24. The van der Waals surface area contributed by atoms with E-state index in [9.17, 15) is 9.59 Å². The average molecular weight is 166 g/mol. The maximum absolute atomic E-state index is 9.37. The van der Waals surface area contributed by atoms with E-state index in [1.807, 2.05) is 6.07 Å². The van der Waals surface area contributed by atoms with E-state index in [1.54, 1.807) is 24.3 Å². The summed E-state index contributed by atoms with van der Waals surface area (Å²) in [5.41, 5.74) is 1.22. The normalized spacial score (nSPS) is 11.1. The lowest BCUT2D eigenvalue weighted by molar-refractivity contribution is 0.399. The van der Waals surface area contributed by atoms with Gasteiger partial charge in [0, 0.05) is 0 Å². The Kier molecular flexibility index (Phi) is 2.24. The average Bonchev–Trinajstić information content (AvgIpc) is 2.06. The van der Waals surface area contributed by atoms with Crippen LogP contribution in [0.5, 0.6) is 0 Å². The molecule has 0 heterocycles. The van der Waals surface area contributed by atoms with Crippen molar-refractivity contribution in [2.24, 2.45) is 0 Å². The van der Waals surface area contributed by atoms with Gasteiger partial charge in [0.05, 0.1) is 0 Å². The largest absolute Gasteiger partial charge is 0.404 e. The summed E-state index contributed by atoms with van der Waals surface area (Å²) in [7, 11) is -3.29. The fourth-order valence-corrected chi connectivity index (χ4v) is 1.72. The SMILES string of the molecule is C=C[Si](O)(O)c1ccccc1. The lowest BCUT2D eigenvalue weighted by atomic mass is 10.4. The van der Waals surface area contributed by atoms with Gasteiger partial charge >= 0.3 is 8.56 Å². The van der Waals surface area contributed by atoms with E-state index in [4.69, 9.17) is 0 Å². The van der Waals surface area contributed by atoms with Crippen molar-refractivity contribution in [3.05, 3.63) is 42.6 Å². The van der Waals surface area contributed by atoms with Crippen LogP contribution in [0, 0.1) is 0 Å². The molecule has 0 unspecified atom stereocenters. The van der Waals surface area contributed by atoms with Gasteiger partial charge in [0.2, 0.25) is 0 Å². The minimum atomic E-state index is -3.29. The van der Waals surface area contributed by atoms with Gasteiger partial charge in [0.1, 0.15) is 0 Å². The molecule has 0 spiro atoms. The monoisotopic (exact) mass is 166 g/mol. The zero-order valence-electron chi connectivity index (χ0n) is 6.07. The maximum atomic E-state index is 9.37. The molecule has 0 amide bonds. The predicted octanol–water partition coefficient (Wildman–Crippen LogP) is 0.0456. The molecule has 1 aromatic carbocycles. The van der Waals surface area contributed by atoms with Gasteiger partial charge in [0.25, 0.3) is 0 Å². The summed E-state index contributed by atoms with van der Waals surface area (Å²) in [5, 5.41) is 0.565. The van der Waals surface area contributed by atoms with Crippen molar-refractivity contribution < 1.29 is 9.59 Å². The summed E-state index contributed by atoms with van der Waals surface area (Å²) < 4.78 is 0. The van der Waals surface area contributed by atoms with Crippen LogP contribution in [0.4, 0.5) is 0 Å². The van der Waals surface area contributed by atoms with Crippen molar-refractivity contribution in [2.45, 2.75) is 0 Å². The van der Waals surface area contributed by atoms with Crippen LogP contribution in [0.3, 0.4) is 0 Å². The fourth-order valence-electron chi connectivity index (χ4n) is 0.801. The van der Waals surface area contributed by atoms with E-state index >= 15 is 0 Å². The van der Waals surface area contributed by atoms with Crippen molar-refractivity contribution in [2.75, 3.05) is 0 Å². The molecule has 0 aliphatic carbocycles. The summed E-state index contributed by atoms with van der Waals surface area (Å²) >= 11 is 0. The Hall–Kier alpha value is -0.903. The van der Waals surface area contributed by atoms with Gasteiger partial charge < -0.3 is 9.59 Å². The van der Waals surface area contributed by atoms with Gasteiger partial charge in [-0.15, -0.1) is 6.58 Å². The Bertz CT molecular complexity index is 244. The molecule has 2 N–H and O–H groups in total. The Morgan fingerprint density at radius 3 is 2.18 bits per heavy atom. The van der Waals surface area contributed by atoms with Gasteiger partial charge in [-0.3, -0.25) is 0 Å². The molecule has 0 saturated heterocycles. The van der Waals surface area contributed by atoms with E-state index in [1.165, 1.54) is 5.70 Å². The highest BCUT2D eigenvalue weighted by molar-refractivity contribution is 6.83. The first-order valence-corrected chi connectivity index (χ1v) is 5.28. The molecular formula is C8H10O2Si. The quantitative estimate of drug-likeness (QED) is 0.609. The molecule has 3 heteroatoms. The Labute approximate surface area is 66.7 Å². The molecule has 0 saturated carbocycles. The van der Waals surface area contributed by atoms with Crippen molar-refractivity contribution in [3.8, 4) is 0 Å². The number of rotatable bonds is 2. The molecule has 0 aromatic heterocycles. The van der Waals surface area contributed by atoms with Crippen LogP contribution in [0.1, 0.15) is 0 Å². The van der Waals surface area contributed by atoms with E-state index < -0.39 is 8.56 Å². The summed E-state index contributed by atoms with van der Waals surface area (Å²) in [6.45, 7) is 3.37. The van der Waals surface area contributed by atoms with Gasteiger partial charge in [0.15, 0.2) is 0 Å². The summed E-state index contributed by atoms with van der Waals surface area (Å²) in [6, 6.07) is 8.75. The Morgan fingerprint density at radius 1 is 1.18 bits per heavy atom. The molecule has 1 rings (SSSR count). The summed E-state index contributed by atoms with van der Waals surface area (Å²) in [5.74, 6) is 0. The summed E-state index contributed by atoms with van der Waals surface area (Å²) in [6.07, 6.45) is 0. The highest BCUT2D eigenvalue weighted by atomic mass is 28.4. The molecule has 0 aliphatic rings. The third-order valence-electron chi connectivity index (χ3n) is 1.48. The zero-order chi connectivity index (χ0) is 8.32. The van der Waals surface area contributed by atoms with E-state index in [-0.39, 0.29) is 0 Å². The van der Waals surface area contributed by atoms with Gasteiger partial charge in [-0.05, 0) is 10.9 Å². The van der Waals surface area contributed by atoms with Crippen LogP contribution in [0.15, 0.2) is 42.6 Å². The molecule has 0 aliphatic heterocycles. The van der Waals surface area contributed by atoms with Crippen molar-refractivity contribution in [1.82, 2.24) is 0 Å². The lowest BCUT2D eigenvalue weighted by Gasteiger charge is -2.11. The van der Waals surface area contributed by atoms with Gasteiger partial charge in [-0.1, -0.05) is 30.3 Å². The first kappa shape index (κ1) is 8.20. The molecular weight excluding hydrogens is 156 g/mol. The highest BCUT2D eigenvalue weighted by Gasteiger charge is 2.26. The predicted molar refractivity (Wildman–Crippen MR) is 46.5 cm³/mol. The Morgan fingerprint density at radius 2 is 1.73 bits per heavy atom. The number of hydrogen-bond acceptors (Lipinski definition) is 2. The van der Waals surface area contributed by atoms with Crippen LogP contribution in [-0.2, 0) is 0 Å². The molecule has 58 valence electrons. The first-order valence-electron chi connectivity index (χ1n) is 3.30. The molecule has 0 atom stereocenters. The topological polar surface area (TPSA) is 40.5 Å². The second kappa shape index (κ2) is 3.00. The number of hydrogen-bond donors (Lipinski definition) is 2. The Balaban J connectivity index is 3.02. The van der Waals surface area contributed by atoms with Crippen LogP contribution in [0.25, 0.3) is 0 Å². The maximum Gasteiger partial charge on any atom is 0.393 e. The van der Waals surface area contributed by atoms with Gasteiger partial charge in [-0.25, -0.2) is 0 Å². The second-order valence-corrected chi connectivity index (χ2v) is 4.73. The summed E-state index contributed by atoms with van der Waals surface area (Å²) in [4.78, 5) is 18.7. The minimum Gasteiger partial charge on any atom is -0.404 e. The van der Waals surface area contributed by atoms with Crippen LogP contribution < -0.4 is 5.19 Å². The van der Waals surface area contributed by atoms with E-state index in [0.717, 1.165) is 0 Å². The van der Waals surface area contributed by atoms with Crippen molar-refractivity contribution in [1.29, 1.82) is 0 Å². The van der Waals surface area contributed by atoms with E-state index in [2.05, 4.69) is 6.58 Å². The smallest absolute Gasteiger partial charge is 0.393 e. The zero-order valence-corrected chi connectivity index (χ0v) is 7.07. The van der Waals surface area contributed by atoms with E-state index in [0.29, 0.717) is 5.19 Å². The van der Waals surface area contributed by atoms with Crippen LogP contribution in [-0.4, -0.2) is 18.2 Å². The van der Waals surface area contributed by atoms with Crippen molar-refractivity contribution >= 4 is 13.7 Å². The standard InChI is InChI=1S/C8H10O2Si/c1-2-11(9,10)8-6-4-3-5-7-8/h2-7,9-10H,1H2. The van der Waals surface area contributed by atoms with Gasteiger partial charge in [-0.2, -0.15) is 0 Å². The molecule has 0 radical (unpaired) electrons. The highest BCUT2D eigenvalue weighted by Crippen LogP contribution is 1.95. The number of benzene rings is 1. The first-order chi connectivity index (χ1) is 5.17. The van der Waals surface area contributed by atoms with Crippen LogP contribution >= 0.6 is 0 Å². The second-order valence-electron chi connectivity index (χ2n) is 2.30. The molecule has 11 heavy (non-hydrogen) atoms. The molecule has 2 nitrogen and oxygen atoms in total. The molecule has 1 aromatic rings. The minimum absolute atomic E-state index is 0.565. The van der Waals surface area contributed by atoms with Crippen molar-refractivity contribution in [3.63, 3.8) is 0 Å². The molecule has 0 fully saturated rings. The van der Waals surface area contributed by atoms with Crippen LogP contribution in [0.2, 0.25) is 0 Å².